The molecule has 1 fully saturated rings. The van der Waals surface area contributed by atoms with Gasteiger partial charge < -0.3 is 20.1 Å². The first-order valence-corrected chi connectivity index (χ1v) is 8.09. The summed E-state index contributed by atoms with van der Waals surface area (Å²) in [5, 5.41) is 6.77. The average Bonchev–Trinajstić information content (AvgIpc) is 3.36. The lowest BCUT2D eigenvalue weighted by Crippen LogP contribution is -2.47. The van der Waals surface area contributed by atoms with Gasteiger partial charge in [0.25, 0.3) is 0 Å². The van der Waals surface area contributed by atoms with Crippen LogP contribution in [0, 0.1) is 0 Å². The van der Waals surface area contributed by atoms with E-state index in [1.807, 2.05) is 26.0 Å². The Morgan fingerprint density at radius 1 is 1.22 bits per heavy atom. The minimum absolute atomic E-state index is 0.154. The number of rotatable bonds is 7. The van der Waals surface area contributed by atoms with Gasteiger partial charge in [-0.3, -0.25) is 4.99 Å². The Hall–Kier alpha value is -1.75. The molecule has 2 N–H and O–H groups in total. The van der Waals surface area contributed by atoms with E-state index in [0.29, 0.717) is 6.54 Å². The third kappa shape index (κ3) is 4.38. The number of hydrogen-bond acceptors (Lipinski definition) is 3. The predicted octanol–water partition coefficient (Wildman–Crippen LogP) is 2.32. The summed E-state index contributed by atoms with van der Waals surface area (Å²) in [6.07, 6.45) is 2.34. The van der Waals surface area contributed by atoms with Crippen molar-refractivity contribution in [2.24, 2.45) is 4.99 Å². The molecule has 2 rings (SSSR count). The van der Waals surface area contributed by atoms with E-state index >= 15 is 0 Å². The van der Waals surface area contributed by atoms with E-state index in [1.54, 1.807) is 21.3 Å². The molecule has 0 heterocycles. The van der Waals surface area contributed by atoms with Crippen LogP contribution in [0.5, 0.6) is 5.75 Å². The average molecular weight is 319 g/mol. The van der Waals surface area contributed by atoms with Crippen molar-refractivity contribution in [3.63, 3.8) is 0 Å². The van der Waals surface area contributed by atoms with Gasteiger partial charge in [0.1, 0.15) is 5.75 Å². The molecule has 1 aliphatic rings. The van der Waals surface area contributed by atoms with Crippen LogP contribution in [0.3, 0.4) is 0 Å². The number of nitrogens with one attached hydrogen (secondary N) is 2. The van der Waals surface area contributed by atoms with Crippen LogP contribution < -0.4 is 15.4 Å². The zero-order chi connectivity index (χ0) is 16.9. The molecule has 0 bridgehead atoms. The molecule has 1 aromatic carbocycles. The first kappa shape index (κ1) is 17.6. The first-order chi connectivity index (χ1) is 11.0. The fourth-order valence-electron chi connectivity index (χ4n) is 2.62. The second kappa shape index (κ2) is 7.21. The van der Waals surface area contributed by atoms with Crippen molar-refractivity contribution in [1.29, 1.82) is 0 Å². The maximum absolute atomic E-state index is 5.52. The molecule has 1 saturated carbocycles. The number of hydrogen-bond donors (Lipinski definition) is 2. The summed E-state index contributed by atoms with van der Waals surface area (Å²) < 4.78 is 10.9. The Morgan fingerprint density at radius 3 is 2.48 bits per heavy atom. The van der Waals surface area contributed by atoms with Gasteiger partial charge in [-0.2, -0.15) is 0 Å². The topological polar surface area (TPSA) is 54.9 Å². The van der Waals surface area contributed by atoms with Gasteiger partial charge >= 0.3 is 0 Å². The Morgan fingerprint density at radius 2 is 1.91 bits per heavy atom. The van der Waals surface area contributed by atoms with Crippen LogP contribution in [-0.4, -0.2) is 45.9 Å². The third-order valence-electron chi connectivity index (χ3n) is 4.58. The highest BCUT2D eigenvalue weighted by molar-refractivity contribution is 5.80. The maximum atomic E-state index is 5.52. The quantitative estimate of drug-likeness (QED) is 0.598. The number of para-hydroxylation sites is 1. The highest BCUT2D eigenvalue weighted by Crippen LogP contribution is 2.50. The lowest BCUT2D eigenvalue weighted by molar-refractivity contribution is 0.0268. The lowest BCUT2D eigenvalue weighted by atomic mass is 9.95. The largest absolute Gasteiger partial charge is 0.496 e. The van der Waals surface area contributed by atoms with Gasteiger partial charge in [-0.05, 0) is 32.8 Å². The molecule has 0 atom stereocenters. The van der Waals surface area contributed by atoms with Crippen molar-refractivity contribution in [2.45, 2.75) is 37.7 Å². The third-order valence-corrected chi connectivity index (χ3v) is 4.58. The SMILES string of the molecule is CN=C(NCC(C)(C)OC)NCC1(c2ccccc2OC)CC1. The number of benzene rings is 1. The number of ether oxygens (including phenoxy) is 2. The minimum atomic E-state index is -0.225. The standard InChI is InChI=1S/C18H29N3O2/c1-17(2,23-5)12-20-16(19-3)21-13-18(10-11-18)14-8-6-7-9-15(14)22-4/h6-9H,10-13H2,1-5H3,(H2,19,20,21). The van der Waals surface area contributed by atoms with Gasteiger partial charge in [-0.15, -0.1) is 0 Å². The monoisotopic (exact) mass is 319 g/mol. The van der Waals surface area contributed by atoms with E-state index in [-0.39, 0.29) is 11.0 Å². The zero-order valence-corrected chi connectivity index (χ0v) is 14.9. The maximum Gasteiger partial charge on any atom is 0.191 e. The molecule has 1 aromatic rings. The Bertz CT molecular complexity index is 551. The molecule has 0 saturated heterocycles. The number of methoxy groups -OCH3 is 2. The van der Waals surface area contributed by atoms with Gasteiger partial charge in [-0.1, -0.05) is 18.2 Å². The van der Waals surface area contributed by atoms with E-state index in [9.17, 15) is 0 Å². The van der Waals surface area contributed by atoms with Crippen molar-refractivity contribution in [1.82, 2.24) is 10.6 Å². The number of nitrogens with zero attached hydrogens (tertiary/aromatic N) is 1. The smallest absolute Gasteiger partial charge is 0.191 e. The summed E-state index contributed by atoms with van der Waals surface area (Å²) in [5.41, 5.74) is 1.21. The van der Waals surface area contributed by atoms with E-state index in [4.69, 9.17) is 9.47 Å². The van der Waals surface area contributed by atoms with Gasteiger partial charge in [0, 0.05) is 38.2 Å². The molecule has 0 aromatic heterocycles. The van der Waals surface area contributed by atoms with Gasteiger partial charge in [0.15, 0.2) is 5.96 Å². The Kier molecular flexibility index (Phi) is 5.52. The van der Waals surface area contributed by atoms with Gasteiger partial charge in [0.05, 0.1) is 12.7 Å². The summed E-state index contributed by atoms with van der Waals surface area (Å²) in [6, 6.07) is 8.28. The minimum Gasteiger partial charge on any atom is -0.496 e. The molecule has 5 nitrogen and oxygen atoms in total. The Labute approximate surface area is 139 Å². The second-order valence-corrected chi connectivity index (χ2v) is 6.72. The van der Waals surface area contributed by atoms with E-state index in [0.717, 1.165) is 18.3 Å². The molecule has 0 unspecified atom stereocenters. The molecule has 0 aliphatic heterocycles. The van der Waals surface area contributed by atoms with Crippen LogP contribution >= 0.6 is 0 Å². The first-order valence-electron chi connectivity index (χ1n) is 8.09. The van der Waals surface area contributed by atoms with E-state index < -0.39 is 0 Å². The molecule has 0 amide bonds. The predicted molar refractivity (Wildman–Crippen MR) is 94.4 cm³/mol. The number of aliphatic imine (C=N–C) groups is 1. The van der Waals surface area contributed by atoms with Gasteiger partial charge in [0.2, 0.25) is 0 Å². The molecule has 0 radical (unpaired) electrons. The zero-order valence-electron chi connectivity index (χ0n) is 14.9. The van der Waals surface area contributed by atoms with Crippen molar-refractivity contribution in [3.8, 4) is 5.75 Å². The van der Waals surface area contributed by atoms with Gasteiger partial charge in [-0.25, -0.2) is 0 Å². The fraction of sp³-hybridized carbons (Fsp3) is 0.611. The summed E-state index contributed by atoms with van der Waals surface area (Å²) in [6.45, 7) is 5.64. The molecule has 5 heteroatoms. The van der Waals surface area contributed by atoms with E-state index in [1.165, 1.54) is 18.4 Å². The van der Waals surface area contributed by atoms with Crippen molar-refractivity contribution >= 4 is 5.96 Å². The summed E-state index contributed by atoms with van der Waals surface area (Å²) in [4.78, 5) is 4.30. The van der Waals surface area contributed by atoms with Crippen molar-refractivity contribution < 1.29 is 9.47 Å². The van der Waals surface area contributed by atoms with Crippen LogP contribution in [0.1, 0.15) is 32.3 Å². The molecule has 128 valence electrons. The highest BCUT2D eigenvalue weighted by Gasteiger charge is 2.46. The molecule has 0 spiro atoms. The van der Waals surface area contributed by atoms with Crippen LogP contribution in [-0.2, 0) is 10.2 Å². The van der Waals surface area contributed by atoms with Crippen LogP contribution in [0.15, 0.2) is 29.3 Å². The van der Waals surface area contributed by atoms with Crippen LogP contribution in [0.25, 0.3) is 0 Å². The van der Waals surface area contributed by atoms with Crippen LogP contribution in [0.4, 0.5) is 0 Å². The van der Waals surface area contributed by atoms with E-state index in [2.05, 4.69) is 27.8 Å². The second-order valence-electron chi connectivity index (χ2n) is 6.72. The highest BCUT2D eigenvalue weighted by atomic mass is 16.5. The fourth-order valence-corrected chi connectivity index (χ4v) is 2.62. The molecule has 1 aliphatic carbocycles. The van der Waals surface area contributed by atoms with Crippen LogP contribution in [0.2, 0.25) is 0 Å². The summed E-state index contributed by atoms with van der Waals surface area (Å²) in [5.74, 6) is 1.77. The normalized spacial score (nSPS) is 16.8. The number of guanidine groups is 1. The molecule has 23 heavy (non-hydrogen) atoms. The van der Waals surface area contributed by atoms with Crippen molar-refractivity contribution in [2.75, 3.05) is 34.4 Å². The Balaban J connectivity index is 1.96. The van der Waals surface area contributed by atoms with Crippen molar-refractivity contribution in [3.05, 3.63) is 29.8 Å². The molecular weight excluding hydrogens is 290 g/mol. The summed E-state index contributed by atoms with van der Waals surface area (Å²) in [7, 11) is 5.24. The summed E-state index contributed by atoms with van der Waals surface area (Å²) >= 11 is 0. The molecular formula is C18H29N3O2. The lowest BCUT2D eigenvalue weighted by Gasteiger charge is -2.25.